The van der Waals surface area contributed by atoms with Gasteiger partial charge in [0.05, 0.1) is 6.54 Å². The van der Waals surface area contributed by atoms with E-state index in [1.807, 2.05) is 19.9 Å². The van der Waals surface area contributed by atoms with Crippen LogP contribution in [0.3, 0.4) is 0 Å². The summed E-state index contributed by atoms with van der Waals surface area (Å²) < 4.78 is 0. The number of hydrogen-bond donors (Lipinski definition) is 3. The van der Waals surface area contributed by atoms with Crippen LogP contribution in [0.25, 0.3) is 0 Å². The number of nitrogens with one attached hydrogen (secondary N) is 2. The fourth-order valence-corrected chi connectivity index (χ4v) is 2.08. The smallest absolute Gasteiger partial charge is 0.188 e. The van der Waals surface area contributed by atoms with Crippen LogP contribution in [0.1, 0.15) is 46.2 Å². The van der Waals surface area contributed by atoms with Gasteiger partial charge >= 0.3 is 0 Å². The number of benzene rings is 1. The van der Waals surface area contributed by atoms with Crippen molar-refractivity contribution in [2.24, 2.45) is 10.7 Å². The molecule has 4 N–H and O–H groups in total. The molecule has 0 radical (unpaired) electrons. The Balaban J connectivity index is 0.00000400. The molecule has 0 amide bonds. The molecule has 21 heavy (non-hydrogen) atoms. The van der Waals surface area contributed by atoms with Crippen molar-refractivity contribution in [1.82, 2.24) is 10.6 Å². The first-order chi connectivity index (χ1) is 9.30. The largest absolute Gasteiger partial charge is 0.370 e. The van der Waals surface area contributed by atoms with Crippen molar-refractivity contribution < 1.29 is 0 Å². The van der Waals surface area contributed by atoms with Gasteiger partial charge in [-0.1, -0.05) is 30.3 Å². The van der Waals surface area contributed by atoms with Gasteiger partial charge in [0, 0.05) is 17.6 Å². The molecule has 4 nitrogen and oxygen atoms in total. The molecule has 1 atom stereocenters. The van der Waals surface area contributed by atoms with E-state index in [4.69, 9.17) is 5.73 Å². The van der Waals surface area contributed by atoms with Crippen LogP contribution in [0.5, 0.6) is 0 Å². The Bertz CT molecular complexity index is 429. The van der Waals surface area contributed by atoms with Gasteiger partial charge in [-0.05, 0) is 40.2 Å². The van der Waals surface area contributed by atoms with Crippen LogP contribution in [0, 0.1) is 0 Å². The molecule has 1 rings (SSSR count). The molecule has 5 heteroatoms. The fraction of sp³-hybridized carbons (Fsp3) is 0.562. The molecule has 0 aromatic heterocycles. The molecule has 1 aromatic rings. The van der Waals surface area contributed by atoms with Gasteiger partial charge in [-0.15, -0.1) is 24.0 Å². The molecular formula is C16H29IN4. The SMILES string of the molecule is CC(C)NC(N)=NCC(C)(C)NC(C)c1ccccc1.I. The minimum Gasteiger partial charge on any atom is -0.370 e. The highest BCUT2D eigenvalue weighted by molar-refractivity contribution is 14.0. The average molecular weight is 404 g/mol. The van der Waals surface area contributed by atoms with Crippen molar-refractivity contribution in [1.29, 1.82) is 0 Å². The van der Waals surface area contributed by atoms with E-state index in [-0.39, 0.29) is 35.6 Å². The third-order valence-corrected chi connectivity index (χ3v) is 2.99. The molecule has 0 saturated carbocycles. The van der Waals surface area contributed by atoms with Crippen molar-refractivity contribution in [3.8, 4) is 0 Å². The summed E-state index contributed by atoms with van der Waals surface area (Å²) in [5.74, 6) is 0.502. The predicted octanol–water partition coefficient (Wildman–Crippen LogP) is 3.05. The van der Waals surface area contributed by atoms with Crippen LogP contribution in [-0.4, -0.2) is 24.1 Å². The van der Waals surface area contributed by atoms with Gasteiger partial charge in [-0.3, -0.25) is 4.99 Å². The highest BCUT2D eigenvalue weighted by Crippen LogP contribution is 2.16. The Morgan fingerprint density at radius 3 is 2.29 bits per heavy atom. The molecule has 0 saturated heterocycles. The topological polar surface area (TPSA) is 62.4 Å². The zero-order valence-corrected chi connectivity index (χ0v) is 16.0. The standard InChI is InChI=1S/C16H28N4.HI/c1-12(2)19-15(17)18-11-16(4,5)20-13(3)14-9-7-6-8-10-14;/h6-10,12-13,20H,11H2,1-5H3,(H3,17,18,19);1H. The summed E-state index contributed by atoms with van der Waals surface area (Å²) >= 11 is 0. The predicted molar refractivity (Wildman–Crippen MR) is 102 cm³/mol. The zero-order valence-electron chi connectivity index (χ0n) is 13.7. The van der Waals surface area contributed by atoms with E-state index in [0.717, 1.165) is 0 Å². The van der Waals surface area contributed by atoms with Crippen molar-refractivity contribution in [2.75, 3.05) is 6.54 Å². The number of nitrogens with two attached hydrogens (primary N) is 1. The van der Waals surface area contributed by atoms with Gasteiger partial charge in [0.1, 0.15) is 0 Å². The molecule has 0 spiro atoms. The van der Waals surface area contributed by atoms with Gasteiger partial charge < -0.3 is 16.4 Å². The molecule has 0 aliphatic carbocycles. The van der Waals surface area contributed by atoms with Crippen LogP contribution in [-0.2, 0) is 0 Å². The van der Waals surface area contributed by atoms with Crippen LogP contribution in [0.15, 0.2) is 35.3 Å². The van der Waals surface area contributed by atoms with Crippen molar-refractivity contribution in [2.45, 2.75) is 52.2 Å². The number of nitrogens with zero attached hydrogens (tertiary/aromatic N) is 1. The van der Waals surface area contributed by atoms with Crippen LogP contribution < -0.4 is 16.4 Å². The van der Waals surface area contributed by atoms with E-state index in [1.54, 1.807) is 0 Å². The van der Waals surface area contributed by atoms with Gasteiger partial charge in [0.25, 0.3) is 0 Å². The Kier molecular flexibility index (Phi) is 8.89. The van der Waals surface area contributed by atoms with Crippen LogP contribution in [0.2, 0.25) is 0 Å². The normalized spacial score (nSPS) is 13.7. The third-order valence-electron chi connectivity index (χ3n) is 2.99. The first-order valence-electron chi connectivity index (χ1n) is 7.19. The lowest BCUT2D eigenvalue weighted by Gasteiger charge is -2.29. The second-order valence-corrected chi connectivity index (χ2v) is 6.16. The second-order valence-electron chi connectivity index (χ2n) is 6.16. The Labute approximate surface area is 146 Å². The summed E-state index contributed by atoms with van der Waals surface area (Å²) in [4.78, 5) is 4.40. The molecule has 0 aliphatic rings. The maximum Gasteiger partial charge on any atom is 0.188 e. The highest BCUT2D eigenvalue weighted by Gasteiger charge is 2.20. The molecule has 1 aromatic carbocycles. The minimum absolute atomic E-state index is 0. The van der Waals surface area contributed by atoms with E-state index in [2.05, 4.69) is 60.7 Å². The number of halogens is 1. The number of guanidine groups is 1. The van der Waals surface area contributed by atoms with Crippen molar-refractivity contribution >= 4 is 29.9 Å². The van der Waals surface area contributed by atoms with E-state index < -0.39 is 0 Å². The minimum atomic E-state index is -0.113. The van der Waals surface area contributed by atoms with Crippen molar-refractivity contribution in [3.63, 3.8) is 0 Å². The Hall–Kier alpha value is -0.820. The van der Waals surface area contributed by atoms with Gasteiger partial charge in [0.15, 0.2) is 5.96 Å². The summed E-state index contributed by atoms with van der Waals surface area (Å²) in [5.41, 5.74) is 7.00. The van der Waals surface area contributed by atoms with Crippen LogP contribution in [0.4, 0.5) is 0 Å². The molecule has 0 aliphatic heterocycles. The zero-order chi connectivity index (χ0) is 15.2. The lowest BCUT2D eigenvalue weighted by Crippen LogP contribution is -2.45. The summed E-state index contributed by atoms with van der Waals surface area (Å²) in [6, 6.07) is 11.0. The van der Waals surface area contributed by atoms with E-state index >= 15 is 0 Å². The van der Waals surface area contributed by atoms with Gasteiger partial charge in [-0.25, -0.2) is 0 Å². The van der Waals surface area contributed by atoms with Crippen molar-refractivity contribution in [3.05, 3.63) is 35.9 Å². The highest BCUT2D eigenvalue weighted by atomic mass is 127. The van der Waals surface area contributed by atoms with E-state index in [1.165, 1.54) is 5.56 Å². The lowest BCUT2D eigenvalue weighted by atomic mass is 10.0. The molecule has 0 bridgehead atoms. The molecule has 120 valence electrons. The number of rotatable bonds is 6. The summed E-state index contributed by atoms with van der Waals surface area (Å²) in [7, 11) is 0. The van der Waals surface area contributed by atoms with Gasteiger partial charge in [-0.2, -0.15) is 0 Å². The quantitative estimate of drug-likeness (QED) is 0.388. The second kappa shape index (κ2) is 9.25. The molecule has 0 fully saturated rings. The van der Waals surface area contributed by atoms with Crippen LogP contribution >= 0.6 is 24.0 Å². The summed E-state index contributed by atoms with van der Waals surface area (Å²) in [5, 5.41) is 6.69. The monoisotopic (exact) mass is 404 g/mol. The maximum atomic E-state index is 5.83. The fourth-order valence-electron chi connectivity index (χ4n) is 2.08. The molecule has 0 heterocycles. The first-order valence-corrected chi connectivity index (χ1v) is 7.19. The number of aliphatic imine (C=N–C) groups is 1. The average Bonchev–Trinajstić information content (AvgIpc) is 2.36. The van der Waals surface area contributed by atoms with E-state index in [0.29, 0.717) is 18.5 Å². The first kappa shape index (κ1) is 20.2. The summed E-state index contributed by atoms with van der Waals surface area (Å²) in [6.45, 7) is 11.2. The lowest BCUT2D eigenvalue weighted by molar-refractivity contribution is 0.357. The van der Waals surface area contributed by atoms with Gasteiger partial charge in [0.2, 0.25) is 0 Å². The summed E-state index contributed by atoms with van der Waals surface area (Å²) in [6.07, 6.45) is 0. The Morgan fingerprint density at radius 2 is 1.76 bits per heavy atom. The van der Waals surface area contributed by atoms with E-state index in [9.17, 15) is 0 Å². The molecule has 1 unspecified atom stereocenters. The molecular weight excluding hydrogens is 375 g/mol. The maximum absolute atomic E-state index is 5.83. The third kappa shape index (κ3) is 8.26. The Morgan fingerprint density at radius 1 is 1.19 bits per heavy atom. The number of hydrogen-bond acceptors (Lipinski definition) is 2.